The van der Waals surface area contributed by atoms with E-state index in [1.165, 1.54) is 12.1 Å². The van der Waals surface area contributed by atoms with Crippen molar-refractivity contribution in [1.82, 2.24) is 4.98 Å². The number of aromatic nitrogens is 1. The molecule has 5 nitrogen and oxygen atoms in total. The van der Waals surface area contributed by atoms with Crippen molar-refractivity contribution in [3.8, 4) is 5.75 Å². The summed E-state index contributed by atoms with van der Waals surface area (Å²) < 4.78 is 31.5. The van der Waals surface area contributed by atoms with Gasteiger partial charge in [-0.05, 0) is 29.7 Å². The van der Waals surface area contributed by atoms with Gasteiger partial charge in [0.1, 0.15) is 4.90 Å². The first-order chi connectivity index (χ1) is 14.1. The summed E-state index contributed by atoms with van der Waals surface area (Å²) in [4.78, 5) is 16.4. The molecule has 5 rings (SSSR count). The van der Waals surface area contributed by atoms with E-state index in [0.717, 1.165) is 5.39 Å². The van der Waals surface area contributed by atoms with Gasteiger partial charge in [-0.25, -0.2) is 0 Å². The van der Waals surface area contributed by atoms with Gasteiger partial charge in [-0.1, -0.05) is 54.6 Å². The summed E-state index contributed by atoms with van der Waals surface area (Å²) in [6.07, 6.45) is 1.73. The quantitative estimate of drug-likeness (QED) is 0.272. The maximum Gasteiger partial charge on any atom is 0.339 e. The lowest BCUT2D eigenvalue weighted by Crippen LogP contribution is -2.12. The van der Waals surface area contributed by atoms with Crippen LogP contribution in [0.1, 0.15) is 0 Å². The molecule has 0 aliphatic heterocycles. The maximum absolute atomic E-state index is 13.3. The lowest BCUT2D eigenvalue weighted by atomic mass is 9.99. The van der Waals surface area contributed by atoms with Crippen LogP contribution in [0.25, 0.3) is 32.4 Å². The van der Waals surface area contributed by atoms with E-state index in [9.17, 15) is 13.2 Å². The highest BCUT2D eigenvalue weighted by Gasteiger charge is 2.22. The van der Waals surface area contributed by atoms with Crippen molar-refractivity contribution in [1.29, 1.82) is 0 Å². The molecule has 1 aromatic heterocycles. The highest BCUT2D eigenvalue weighted by molar-refractivity contribution is 7.87. The van der Waals surface area contributed by atoms with Crippen LogP contribution in [0, 0.1) is 0 Å². The summed E-state index contributed by atoms with van der Waals surface area (Å²) in [7, 11) is -4.07. The van der Waals surface area contributed by atoms with E-state index < -0.39 is 10.1 Å². The Kier molecular flexibility index (Phi) is 3.89. The summed E-state index contributed by atoms with van der Waals surface area (Å²) in [6, 6.07) is 22.1. The van der Waals surface area contributed by atoms with Gasteiger partial charge in [0, 0.05) is 22.4 Å². The number of pyridine rings is 1. The van der Waals surface area contributed by atoms with Crippen LogP contribution in [-0.2, 0) is 10.1 Å². The molecule has 4 aromatic carbocycles. The molecule has 0 saturated carbocycles. The molecule has 0 unspecified atom stereocenters. The van der Waals surface area contributed by atoms with Crippen LogP contribution in [0.3, 0.4) is 0 Å². The second-order valence-electron chi connectivity index (χ2n) is 6.68. The molecular weight excluding hydrogens is 386 g/mol. The molecule has 0 fully saturated rings. The molecule has 1 N–H and O–H groups in total. The number of aromatic amines is 1. The van der Waals surface area contributed by atoms with Gasteiger partial charge in [-0.2, -0.15) is 8.42 Å². The zero-order valence-electron chi connectivity index (χ0n) is 15.1. The van der Waals surface area contributed by atoms with Crippen molar-refractivity contribution < 1.29 is 12.6 Å². The van der Waals surface area contributed by atoms with Crippen molar-refractivity contribution >= 4 is 42.6 Å². The van der Waals surface area contributed by atoms with E-state index in [1.807, 2.05) is 18.2 Å². The normalized spacial score (nSPS) is 11.9. The van der Waals surface area contributed by atoms with E-state index in [4.69, 9.17) is 4.18 Å². The number of hydrogen-bond donors (Lipinski definition) is 1. The first-order valence-corrected chi connectivity index (χ1v) is 10.4. The number of hydrogen-bond acceptors (Lipinski definition) is 4. The second-order valence-corrected chi connectivity index (χ2v) is 8.22. The van der Waals surface area contributed by atoms with Crippen LogP contribution in [0.5, 0.6) is 5.75 Å². The number of H-pyrrole nitrogens is 1. The molecule has 1 heterocycles. The largest absolute Gasteiger partial charge is 0.378 e. The molecule has 0 amide bonds. The van der Waals surface area contributed by atoms with Crippen LogP contribution in [-0.4, -0.2) is 13.4 Å². The van der Waals surface area contributed by atoms with Crippen molar-refractivity contribution in [3.05, 3.63) is 95.3 Å². The Labute approximate surface area is 166 Å². The van der Waals surface area contributed by atoms with Crippen molar-refractivity contribution in [2.75, 3.05) is 0 Å². The number of fused-ring (bicyclic) bond motifs is 4. The zero-order valence-corrected chi connectivity index (χ0v) is 15.9. The molecule has 0 aliphatic rings. The van der Waals surface area contributed by atoms with E-state index in [1.54, 1.807) is 54.7 Å². The number of benzene rings is 4. The van der Waals surface area contributed by atoms with Gasteiger partial charge >= 0.3 is 10.1 Å². The van der Waals surface area contributed by atoms with Crippen LogP contribution >= 0.6 is 0 Å². The Morgan fingerprint density at radius 2 is 1.45 bits per heavy atom. The van der Waals surface area contributed by atoms with Crippen LogP contribution < -0.4 is 9.61 Å². The molecule has 0 saturated heterocycles. The fourth-order valence-electron chi connectivity index (χ4n) is 3.62. The van der Waals surface area contributed by atoms with Gasteiger partial charge in [0.2, 0.25) is 0 Å². The molecular formula is C23H15NO4S. The molecule has 0 bridgehead atoms. The minimum Gasteiger partial charge on any atom is -0.378 e. The lowest BCUT2D eigenvalue weighted by Gasteiger charge is -2.14. The SMILES string of the molecule is O=c1c2ccccc2c(OS(=O)(=O)c2ccccc2)c2ccc3ccc[nH]c3c12. The molecule has 0 radical (unpaired) electrons. The van der Waals surface area contributed by atoms with Crippen LogP contribution in [0.4, 0.5) is 0 Å². The summed E-state index contributed by atoms with van der Waals surface area (Å²) in [5.74, 6) is 0.151. The Bertz CT molecular complexity index is 1550. The summed E-state index contributed by atoms with van der Waals surface area (Å²) in [6.45, 7) is 0. The monoisotopic (exact) mass is 401 g/mol. The lowest BCUT2D eigenvalue weighted by molar-refractivity contribution is 0.491. The average molecular weight is 401 g/mol. The first-order valence-electron chi connectivity index (χ1n) is 9.01. The Hall–Kier alpha value is -3.64. The van der Waals surface area contributed by atoms with Crippen molar-refractivity contribution in [3.63, 3.8) is 0 Å². The predicted molar refractivity (Wildman–Crippen MR) is 114 cm³/mol. The smallest absolute Gasteiger partial charge is 0.339 e. The molecule has 0 atom stereocenters. The predicted octanol–water partition coefficient (Wildman–Crippen LogP) is 4.60. The molecule has 142 valence electrons. The van der Waals surface area contributed by atoms with Crippen LogP contribution in [0.15, 0.2) is 94.7 Å². The van der Waals surface area contributed by atoms with Gasteiger partial charge < -0.3 is 9.17 Å². The second kappa shape index (κ2) is 6.46. The number of rotatable bonds is 3. The Balaban J connectivity index is 1.90. The van der Waals surface area contributed by atoms with Crippen molar-refractivity contribution in [2.24, 2.45) is 0 Å². The third kappa shape index (κ3) is 2.77. The fourth-order valence-corrected chi connectivity index (χ4v) is 4.60. The van der Waals surface area contributed by atoms with Gasteiger partial charge in [0.15, 0.2) is 11.2 Å². The molecule has 0 spiro atoms. The minimum atomic E-state index is -4.07. The third-order valence-corrected chi connectivity index (χ3v) is 6.19. The topological polar surface area (TPSA) is 76.2 Å². The maximum atomic E-state index is 13.3. The van der Waals surface area contributed by atoms with E-state index in [0.29, 0.717) is 27.1 Å². The summed E-state index contributed by atoms with van der Waals surface area (Å²) >= 11 is 0. The molecule has 0 aliphatic carbocycles. The molecule has 29 heavy (non-hydrogen) atoms. The highest BCUT2D eigenvalue weighted by Crippen LogP contribution is 2.36. The Morgan fingerprint density at radius 1 is 0.724 bits per heavy atom. The fraction of sp³-hybridized carbons (Fsp3) is 0. The van der Waals surface area contributed by atoms with Gasteiger partial charge in [0.05, 0.1) is 10.9 Å². The van der Waals surface area contributed by atoms with Gasteiger partial charge in [-0.15, -0.1) is 0 Å². The minimum absolute atomic E-state index is 0.0517. The summed E-state index contributed by atoms with van der Waals surface area (Å²) in [5.41, 5.74) is 0.468. The van der Waals surface area contributed by atoms with E-state index in [2.05, 4.69) is 4.98 Å². The first kappa shape index (κ1) is 17.5. The van der Waals surface area contributed by atoms with Gasteiger partial charge in [-0.3, -0.25) is 4.79 Å². The van der Waals surface area contributed by atoms with E-state index in [-0.39, 0.29) is 16.1 Å². The Morgan fingerprint density at radius 3 is 2.24 bits per heavy atom. The number of nitrogens with one attached hydrogen (secondary N) is 1. The van der Waals surface area contributed by atoms with Crippen LogP contribution in [0.2, 0.25) is 0 Å². The van der Waals surface area contributed by atoms with Gasteiger partial charge in [0.25, 0.3) is 0 Å². The zero-order chi connectivity index (χ0) is 20.0. The van der Waals surface area contributed by atoms with Crippen molar-refractivity contribution in [2.45, 2.75) is 4.90 Å². The standard InChI is InChI=1S/C23H15NO4S/c25-22-17-10-4-5-11-18(17)23(28-29(26,27)16-8-2-1-3-9-16)19-13-12-15-7-6-14-24-21(15)20(19)22/h1-14,24H. The molecule has 5 aromatic rings. The molecule has 6 heteroatoms. The summed E-state index contributed by atoms with van der Waals surface area (Å²) in [5, 5.41) is 2.57. The highest BCUT2D eigenvalue weighted by atomic mass is 32.2. The third-order valence-electron chi connectivity index (χ3n) is 4.95. The van der Waals surface area contributed by atoms with E-state index >= 15 is 0 Å². The average Bonchev–Trinajstić information content (AvgIpc) is 2.76.